The van der Waals surface area contributed by atoms with Crippen LogP contribution in [0.5, 0.6) is 0 Å². The number of likely N-dealkylation sites (N-methyl/N-ethyl adjacent to an activating group) is 1. The highest BCUT2D eigenvalue weighted by Crippen LogP contribution is 2.20. The lowest BCUT2D eigenvalue weighted by molar-refractivity contribution is -0.125. The summed E-state index contributed by atoms with van der Waals surface area (Å²) in [5, 5.41) is 13.6. The van der Waals surface area contributed by atoms with Gasteiger partial charge in [-0.2, -0.15) is 5.10 Å². The van der Waals surface area contributed by atoms with Crippen molar-refractivity contribution < 1.29 is 14.7 Å². The normalized spacial score (nSPS) is 27.5. The van der Waals surface area contributed by atoms with Gasteiger partial charge in [0, 0.05) is 32.0 Å². The van der Waals surface area contributed by atoms with E-state index in [1.165, 1.54) is 0 Å². The molecule has 2 rings (SSSR count). The summed E-state index contributed by atoms with van der Waals surface area (Å²) in [5.41, 5.74) is 2.70. The summed E-state index contributed by atoms with van der Waals surface area (Å²) >= 11 is 0. The molecule has 7 heteroatoms. The first-order valence-electron chi connectivity index (χ1n) is 6.46. The molecule has 0 spiro atoms. The van der Waals surface area contributed by atoms with E-state index >= 15 is 0 Å². The number of amides is 2. The Hall–Kier alpha value is -1.47. The van der Waals surface area contributed by atoms with E-state index in [0.717, 1.165) is 0 Å². The minimum atomic E-state index is -0.479. The van der Waals surface area contributed by atoms with Crippen LogP contribution in [0.3, 0.4) is 0 Å². The van der Waals surface area contributed by atoms with E-state index in [9.17, 15) is 14.7 Å². The number of carbonyl (C=O) groups is 2. The van der Waals surface area contributed by atoms with Crippen LogP contribution in [0, 0.1) is 0 Å². The third-order valence-electron chi connectivity index (χ3n) is 3.38. The number of nitrogens with one attached hydrogen (secondary N) is 1. The van der Waals surface area contributed by atoms with Crippen LogP contribution in [0.25, 0.3) is 0 Å². The predicted octanol–water partition coefficient (Wildman–Crippen LogP) is -1.22. The smallest absolute Gasteiger partial charge is 0.270 e. The van der Waals surface area contributed by atoms with Crippen LogP contribution in [0.4, 0.5) is 0 Å². The average Bonchev–Trinajstić information content (AvgIpc) is 2.69. The molecule has 2 N–H and O–H groups in total. The van der Waals surface area contributed by atoms with E-state index in [1.54, 1.807) is 4.90 Å². The second kappa shape index (κ2) is 5.66. The minimum absolute atomic E-state index is 0.00201. The van der Waals surface area contributed by atoms with E-state index < -0.39 is 6.10 Å². The van der Waals surface area contributed by atoms with Crippen molar-refractivity contribution in [1.29, 1.82) is 0 Å². The molecule has 0 saturated carbocycles. The Morgan fingerprint density at radius 3 is 2.84 bits per heavy atom. The van der Waals surface area contributed by atoms with Crippen LogP contribution in [0.15, 0.2) is 5.10 Å². The fraction of sp³-hybridized carbons (Fsp3) is 0.750. The van der Waals surface area contributed by atoms with Gasteiger partial charge >= 0.3 is 0 Å². The number of hydrazone groups is 1. The predicted molar refractivity (Wildman–Crippen MR) is 69.5 cm³/mol. The summed E-state index contributed by atoms with van der Waals surface area (Å²) < 4.78 is 0. The Labute approximate surface area is 112 Å². The highest BCUT2D eigenvalue weighted by Gasteiger charge is 2.36. The molecule has 2 aliphatic heterocycles. The van der Waals surface area contributed by atoms with Gasteiger partial charge in [0.1, 0.15) is 5.71 Å². The summed E-state index contributed by atoms with van der Waals surface area (Å²) in [5.74, 6) is -0.341. The van der Waals surface area contributed by atoms with Gasteiger partial charge in [0.25, 0.3) is 5.91 Å². The van der Waals surface area contributed by atoms with Gasteiger partial charge in [0.15, 0.2) is 0 Å². The Kier molecular flexibility index (Phi) is 4.16. The number of nitrogens with zero attached hydrogens (tertiary/aromatic N) is 3. The van der Waals surface area contributed by atoms with Gasteiger partial charge in [-0.3, -0.25) is 9.59 Å². The molecule has 2 unspecified atom stereocenters. The first-order valence-corrected chi connectivity index (χ1v) is 6.46. The van der Waals surface area contributed by atoms with E-state index in [1.807, 2.05) is 19.0 Å². The number of β-amino-alcohol motifs (C(OH)–C–C–N with tert-alkyl or cyclic N) is 1. The Balaban J connectivity index is 2.06. The molecule has 19 heavy (non-hydrogen) atoms. The maximum atomic E-state index is 12.4. The van der Waals surface area contributed by atoms with Gasteiger partial charge in [0.2, 0.25) is 5.91 Å². The maximum Gasteiger partial charge on any atom is 0.270 e. The summed E-state index contributed by atoms with van der Waals surface area (Å²) in [6.07, 6.45) is 0.766. The van der Waals surface area contributed by atoms with Crippen molar-refractivity contribution in [3.8, 4) is 0 Å². The highest BCUT2D eigenvalue weighted by atomic mass is 16.3. The second-order valence-electron chi connectivity index (χ2n) is 5.36. The number of hydrogen-bond acceptors (Lipinski definition) is 5. The van der Waals surface area contributed by atoms with Crippen molar-refractivity contribution in [2.24, 2.45) is 5.10 Å². The molecule has 0 bridgehead atoms. The quantitative estimate of drug-likeness (QED) is 0.671. The van der Waals surface area contributed by atoms with Crippen molar-refractivity contribution in [2.75, 3.05) is 27.2 Å². The number of aliphatic hydroxyl groups excluding tert-OH is 1. The molecule has 2 amide bonds. The standard InChI is InChI=1S/C12H20N4O3/c1-15(2)6-8-5-9(17)7-16(8)12(19)10-3-4-11(18)14-13-10/h8-9,17H,3-7H2,1-2H3,(H,14,18). The lowest BCUT2D eigenvalue weighted by Gasteiger charge is -2.27. The fourth-order valence-electron chi connectivity index (χ4n) is 2.53. The maximum absolute atomic E-state index is 12.4. The molecule has 0 aromatic rings. The third-order valence-corrected chi connectivity index (χ3v) is 3.38. The SMILES string of the molecule is CN(C)CC1CC(O)CN1C(=O)C1=NNC(=O)CC1. The van der Waals surface area contributed by atoms with Crippen LogP contribution < -0.4 is 5.43 Å². The zero-order chi connectivity index (χ0) is 14.0. The Morgan fingerprint density at radius 1 is 1.53 bits per heavy atom. The number of likely N-dealkylation sites (tertiary alicyclic amines) is 1. The largest absolute Gasteiger partial charge is 0.391 e. The fourth-order valence-corrected chi connectivity index (χ4v) is 2.53. The summed E-state index contributed by atoms with van der Waals surface area (Å²) in [4.78, 5) is 27.0. The molecule has 0 aliphatic carbocycles. The highest BCUT2D eigenvalue weighted by molar-refractivity contribution is 6.39. The molecular weight excluding hydrogens is 248 g/mol. The van der Waals surface area contributed by atoms with E-state index in [2.05, 4.69) is 10.5 Å². The monoisotopic (exact) mass is 268 g/mol. The van der Waals surface area contributed by atoms with Gasteiger partial charge in [-0.1, -0.05) is 0 Å². The molecule has 2 heterocycles. The van der Waals surface area contributed by atoms with E-state index in [4.69, 9.17) is 0 Å². The zero-order valence-electron chi connectivity index (χ0n) is 11.3. The molecule has 1 saturated heterocycles. The first kappa shape index (κ1) is 14.0. The van der Waals surface area contributed by atoms with Crippen molar-refractivity contribution in [2.45, 2.75) is 31.4 Å². The molecule has 2 atom stereocenters. The van der Waals surface area contributed by atoms with Crippen LogP contribution in [0.1, 0.15) is 19.3 Å². The number of aliphatic hydroxyl groups is 1. The van der Waals surface area contributed by atoms with Gasteiger partial charge in [-0.25, -0.2) is 5.43 Å². The lowest BCUT2D eigenvalue weighted by atomic mass is 10.1. The van der Waals surface area contributed by atoms with Crippen molar-refractivity contribution in [3.05, 3.63) is 0 Å². The van der Waals surface area contributed by atoms with Crippen LogP contribution >= 0.6 is 0 Å². The third kappa shape index (κ3) is 3.30. The van der Waals surface area contributed by atoms with Crippen LogP contribution in [-0.2, 0) is 9.59 Å². The molecule has 1 fully saturated rings. The average molecular weight is 268 g/mol. The van der Waals surface area contributed by atoms with Gasteiger partial charge < -0.3 is 14.9 Å². The van der Waals surface area contributed by atoms with Crippen LogP contribution in [-0.4, -0.2) is 71.8 Å². The minimum Gasteiger partial charge on any atom is -0.391 e. The topological polar surface area (TPSA) is 85.2 Å². The van der Waals surface area contributed by atoms with Crippen molar-refractivity contribution in [3.63, 3.8) is 0 Å². The molecule has 7 nitrogen and oxygen atoms in total. The van der Waals surface area contributed by atoms with Gasteiger partial charge in [-0.05, 0) is 20.5 Å². The summed E-state index contributed by atoms with van der Waals surface area (Å²) in [6.45, 7) is 1.05. The molecule has 0 radical (unpaired) electrons. The molecule has 0 aromatic carbocycles. The number of hydrogen-bond donors (Lipinski definition) is 2. The Bertz CT molecular complexity index is 408. The molecular formula is C12H20N4O3. The van der Waals surface area contributed by atoms with E-state index in [-0.39, 0.29) is 17.9 Å². The number of carbonyl (C=O) groups excluding carboxylic acids is 2. The number of rotatable bonds is 3. The second-order valence-corrected chi connectivity index (χ2v) is 5.36. The van der Waals surface area contributed by atoms with E-state index in [0.29, 0.717) is 38.1 Å². The van der Waals surface area contributed by atoms with Crippen LogP contribution in [0.2, 0.25) is 0 Å². The molecule has 106 valence electrons. The summed E-state index contributed by atoms with van der Waals surface area (Å²) in [7, 11) is 3.87. The molecule has 2 aliphatic rings. The van der Waals surface area contributed by atoms with Gasteiger partial charge in [-0.15, -0.1) is 0 Å². The first-order chi connectivity index (χ1) is 8.97. The Morgan fingerprint density at radius 2 is 2.26 bits per heavy atom. The van der Waals surface area contributed by atoms with Crippen molar-refractivity contribution in [1.82, 2.24) is 15.2 Å². The summed E-state index contributed by atoms with van der Waals surface area (Å²) in [6, 6.07) is -0.00201. The van der Waals surface area contributed by atoms with Crippen molar-refractivity contribution >= 4 is 17.5 Å². The van der Waals surface area contributed by atoms with Gasteiger partial charge in [0.05, 0.1) is 6.10 Å². The molecule has 0 aromatic heterocycles. The lowest BCUT2D eigenvalue weighted by Crippen LogP contribution is -2.46. The zero-order valence-corrected chi connectivity index (χ0v) is 11.3.